The van der Waals surface area contributed by atoms with Gasteiger partial charge in [-0.15, -0.1) is 0 Å². The van der Waals surface area contributed by atoms with E-state index in [0.29, 0.717) is 0 Å². The number of hydrogen-bond acceptors (Lipinski definition) is 1. The first kappa shape index (κ1) is 13.3. The van der Waals surface area contributed by atoms with Crippen molar-refractivity contribution in [2.24, 2.45) is 5.92 Å². The zero-order valence-corrected chi connectivity index (χ0v) is 11.6. The molecule has 0 spiro atoms. The first-order valence-electron chi connectivity index (χ1n) is 7.46. The predicted molar refractivity (Wildman–Crippen MR) is 76.6 cm³/mol. The number of rotatable bonds is 2. The van der Waals surface area contributed by atoms with Gasteiger partial charge in [-0.05, 0) is 49.8 Å². The minimum absolute atomic E-state index is 0.0594. The zero-order valence-electron chi connectivity index (χ0n) is 11.6. The van der Waals surface area contributed by atoms with Crippen LogP contribution in [0.2, 0.25) is 0 Å². The van der Waals surface area contributed by atoms with Gasteiger partial charge in [0.2, 0.25) is 5.91 Å². The molecule has 106 valence electrons. The number of halogens is 1. The van der Waals surface area contributed by atoms with Crippen molar-refractivity contribution in [2.45, 2.75) is 38.1 Å². The molecule has 2 atom stereocenters. The summed E-state index contributed by atoms with van der Waals surface area (Å²) in [4.78, 5) is 14.6. The van der Waals surface area contributed by atoms with Gasteiger partial charge < -0.3 is 4.90 Å². The normalized spacial score (nSPS) is 25.9. The lowest BCUT2D eigenvalue weighted by molar-refractivity contribution is -0.136. The minimum Gasteiger partial charge on any atom is -0.335 e. The highest BCUT2D eigenvalue weighted by molar-refractivity contribution is 5.80. The van der Waals surface area contributed by atoms with Crippen LogP contribution < -0.4 is 0 Å². The molecule has 0 unspecified atom stereocenters. The summed E-state index contributed by atoms with van der Waals surface area (Å²) in [5.41, 5.74) is 0.933. The summed E-state index contributed by atoms with van der Waals surface area (Å²) in [7, 11) is 0. The quantitative estimate of drug-likeness (QED) is 0.750. The van der Waals surface area contributed by atoms with Crippen molar-refractivity contribution in [3.05, 3.63) is 47.8 Å². The maximum Gasteiger partial charge on any atom is 0.226 e. The van der Waals surface area contributed by atoms with E-state index in [0.717, 1.165) is 44.2 Å². The van der Waals surface area contributed by atoms with Crippen molar-refractivity contribution in [3.8, 4) is 0 Å². The van der Waals surface area contributed by atoms with Crippen LogP contribution in [0.4, 0.5) is 4.39 Å². The summed E-state index contributed by atoms with van der Waals surface area (Å²) in [5.74, 6) is 0.151. The van der Waals surface area contributed by atoms with E-state index in [1.807, 2.05) is 11.0 Å². The molecule has 1 fully saturated rings. The van der Waals surface area contributed by atoms with Crippen LogP contribution in [0, 0.1) is 11.7 Å². The first-order chi connectivity index (χ1) is 9.75. The summed E-state index contributed by atoms with van der Waals surface area (Å²) in [5, 5.41) is 0. The maximum atomic E-state index is 13.4. The van der Waals surface area contributed by atoms with Crippen molar-refractivity contribution in [1.29, 1.82) is 0 Å². The van der Waals surface area contributed by atoms with Crippen LogP contribution in [0.5, 0.6) is 0 Å². The SMILES string of the molecule is O=C([C@H]1CC=CCC1)N1CCC[C@@H]1c1cccc(F)c1. The number of hydrogen-bond donors (Lipinski definition) is 0. The lowest BCUT2D eigenvalue weighted by atomic mass is 9.92. The molecule has 0 bridgehead atoms. The van der Waals surface area contributed by atoms with Crippen LogP contribution in [0.1, 0.15) is 43.7 Å². The van der Waals surface area contributed by atoms with E-state index in [2.05, 4.69) is 12.2 Å². The molecule has 3 rings (SSSR count). The number of amides is 1. The molecule has 1 aliphatic carbocycles. The summed E-state index contributed by atoms with van der Waals surface area (Å²) in [6.45, 7) is 0.806. The molecule has 2 nitrogen and oxygen atoms in total. The fourth-order valence-electron chi connectivity index (χ4n) is 3.34. The van der Waals surface area contributed by atoms with Crippen molar-refractivity contribution >= 4 is 5.91 Å². The fraction of sp³-hybridized carbons (Fsp3) is 0.471. The molecule has 1 heterocycles. The van der Waals surface area contributed by atoms with E-state index in [1.54, 1.807) is 12.1 Å². The second-order valence-electron chi connectivity index (χ2n) is 5.73. The number of carbonyl (C=O) groups is 1. The molecular weight excluding hydrogens is 253 g/mol. The summed E-state index contributed by atoms with van der Waals surface area (Å²) < 4.78 is 13.4. The smallest absolute Gasteiger partial charge is 0.226 e. The highest BCUT2D eigenvalue weighted by Crippen LogP contribution is 2.35. The third-order valence-corrected chi connectivity index (χ3v) is 4.39. The Bertz CT molecular complexity index is 525. The summed E-state index contributed by atoms with van der Waals surface area (Å²) in [6, 6.07) is 6.74. The average Bonchev–Trinajstić information content (AvgIpc) is 2.97. The van der Waals surface area contributed by atoms with Gasteiger partial charge >= 0.3 is 0 Å². The highest BCUT2D eigenvalue weighted by atomic mass is 19.1. The number of carbonyl (C=O) groups excluding carboxylic acids is 1. The van der Waals surface area contributed by atoms with E-state index >= 15 is 0 Å². The van der Waals surface area contributed by atoms with Gasteiger partial charge in [-0.3, -0.25) is 4.79 Å². The Labute approximate surface area is 119 Å². The molecule has 0 N–H and O–H groups in total. The Balaban J connectivity index is 1.78. The van der Waals surface area contributed by atoms with Gasteiger partial charge in [-0.1, -0.05) is 24.3 Å². The van der Waals surface area contributed by atoms with Crippen LogP contribution in [0.3, 0.4) is 0 Å². The van der Waals surface area contributed by atoms with Crippen LogP contribution in [0.25, 0.3) is 0 Å². The van der Waals surface area contributed by atoms with Crippen molar-refractivity contribution in [3.63, 3.8) is 0 Å². The Morgan fingerprint density at radius 1 is 1.25 bits per heavy atom. The van der Waals surface area contributed by atoms with Crippen LogP contribution in [-0.2, 0) is 4.79 Å². The first-order valence-corrected chi connectivity index (χ1v) is 7.46. The van der Waals surface area contributed by atoms with Gasteiger partial charge in [0.15, 0.2) is 0 Å². The molecule has 1 aromatic carbocycles. The van der Waals surface area contributed by atoms with Crippen molar-refractivity contribution < 1.29 is 9.18 Å². The monoisotopic (exact) mass is 273 g/mol. The molecule has 20 heavy (non-hydrogen) atoms. The average molecular weight is 273 g/mol. The van der Waals surface area contributed by atoms with Crippen LogP contribution in [-0.4, -0.2) is 17.4 Å². The van der Waals surface area contributed by atoms with E-state index < -0.39 is 0 Å². The topological polar surface area (TPSA) is 20.3 Å². The molecule has 0 aromatic heterocycles. The second-order valence-corrected chi connectivity index (χ2v) is 5.73. The Kier molecular flexibility index (Phi) is 3.86. The third kappa shape index (κ3) is 2.62. The van der Waals surface area contributed by atoms with Gasteiger partial charge in [0, 0.05) is 12.5 Å². The third-order valence-electron chi connectivity index (χ3n) is 4.39. The lowest BCUT2D eigenvalue weighted by Crippen LogP contribution is -2.36. The number of nitrogens with zero attached hydrogens (tertiary/aromatic N) is 1. The molecule has 1 aromatic rings. The number of likely N-dealkylation sites (tertiary alicyclic amines) is 1. The van der Waals surface area contributed by atoms with E-state index in [1.165, 1.54) is 6.07 Å². The molecule has 1 aliphatic heterocycles. The molecule has 1 saturated heterocycles. The van der Waals surface area contributed by atoms with Crippen LogP contribution in [0.15, 0.2) is 36.4 Å². The minimum atomic E-state index is -0.220. The number of benzene rings is 1. The maximum absolute atomic E-state index is 13.4. The van der Waals surface area contributed by atoms with Gasteiger partial charge in [-0.2, -0.15) is 0 Å². The highest BCUT2D eigenvalue weighted by Gasteiger charge is 2.33. The van der Waals surface area contributed by atoms with Gasteiger partial charge in [0.05, 0.1) is 6.04 Å². The predicted octanol–water partition coefficient (Wildman–Crippen LogP) is 3.85. The Morgan fingerprint density at radius 2 is 2.15 bits per heavy atom. The molecular formula is C17H20FNO. The second kappa shape index (κ2) is 5.78. The summed E-state index contributed by atoms with van der Waals surface area (Å²) >= 11 is 0. The number of allylic oxidation sites excluding steroid dienone is 2. The van der Waals surface area contributed by atoms with E-state index in [9.17, 15) is 9.18 Å². The molecule has 1 amide bonds. The van der Waals surface area contributed by atoms with Crippen molar-refractivity contribution in [1.82, 2.24) is 4.90 Å². The standard InChI is InChI=1S/C17H20FNO/c18-15-9-4-8-14(12-15)16-10-5-11-19(16)17(20)13-6-2-1-3-7-13/h1-2,4,8-9,12-13,16H,3,5-7,10-11H2/t13-,16+/m0/s1. The van der Waals surface area contributed by atoms with E-state index in [-0.39, 0.29) is 23.7 Å². The Hall–Kier alpha value is -1.64. The Morgan fingerprint density at radius 3 is 2.90 bits per heavy atom. The fourth-order valence-corrected chi connectivity index (χ4v) is 3.34. The van der Waals surface area contributed by atoms with Crippen LogP contribution >= 0.6 is 0 Å². The molecule has 0 radical (unpaired) electrons. The largest absolute Gasteiger partial charge is 0.335 e. The van der Waals surface area contributed by atoms with Crippen molar-refractivity contribution in [2.75, 3.05) is 6.54 Å². The lowest BCUT2D eigenvalue weighted by Gasteiger charge is -2.29. The summed E-state index contributed by atoms with van der Waals surface area (Å²) in [6.07, 6.45) is 9.01. The van der Waals surface area contributed by atoms with Gasteiger partial charge in [-0.25, -0.2) is 4.39 Å². The molecule has 3 heteroatoms. The van der Waals surface area contributed by atoms with Gasteiger partial charge in [0.25, 0.3) is 0 Å². The van der Waals surface area contributed by atoms with Gasteiger partial charge in [0.1, 0.15) is 5.82 Å². The molecule has 0 saturated carbocycles. The molecule has 2 aliphatic rings. The van der Waals surface area contributed by atoms with E-state index in [4.69, 9.17) is 0 Å². The zero-order chi connectivity index (χ0) is 13.9.